The lowest BCUT2D eigenvalue weighted by Crippen LogP contribution is -2.62. The Morgan fingerprint density at radius 2 is 1.52 bits per heavy atom. The van der Waals surface area contributed by atoms with E-state index in [4.69, 9.17) is 33.5 Å². The average Bonchev–Trinajstić information content (AvgIpc) is 3.21. The minimum Gasteiger partial charge on any atom is -0.497 e. The Bertz CT molecular complexity index is 1300. The number of hydrogen-bond acceptors (Lipinski definition) is 10. The number of aliphatic hydroxyl groups excluding tert-OH is 1. The molecule has 230 valence electrons. The molecule has 4 N–H and O–H groups in total. The van der Waals surface area contributed by atoms with E-state index < -0.39 is 62.5 Å². The minimum atomic E-state index is -4.91. The number of nitrogens with zero attached hydrogens (tertiary/aromatic N) is 1. The van der Waals surface area contributed by atoms with Crippen LogP contribution < -0.4 is 29.6 Å². The second-order valence-electron chi connectivity index (χ2n) is 9.43. The molecule has 2 amide bonds. The van der Waals surface area contributed by atoms with Gasteiger partial charge in [0.2, 0.25) is 0 Å². The Hall–Kier alpha value is -3.56. The molecule has 2 aromatic rings. The van der Waals surface area contributed by atoms with E-state index in [1.54, 1.807) is 0 Å². The number of carbonyl (C=O) groups excluding carboxylic acids is 1. The molecule has 1 unspecified atom stereocenters. The van der Waals surface area contributed by atoms with Gasteiger partial charge >= 0.3 is 13.9 Å². The van der Waals surface area contributed by atoms with Crippen molar-refractivity contribution in [1.29, 1.82) is 0 Å². The van der Waals surface area contributed by atoms with Gasteiger partial charge in [-0.05, 0) is 55.5 Å². The average molecular weight is 621 g/mol. The van der Waals surface area contributed by atoms with Crippen molar-refractivity contribution >= 4 is 13.9 Å². The third-order valence-electron chi connectivity index (χ3n) is 6.39. The van der Waals surface area contributed by atoms with Gasteiger partial charge in [0.1, 0.15) is 34.8 Å². The molecule has 0 radical (unpaired) electrons. The van der Waals surface area contributed by atoms with Crippen molar-refractivity contribution in [1.82, 2.24) is 10.2 Å². The Balaban J connectivity index is 1.62. The number of hydrogen-bond donors (Lipinski definition) is 3. The molecule has 0 bridgehead atoms. The van der Waals surface area contributed by atoms with Crippen molar-refractivity contribution in [2.45, 2.75) is 43.1 Å². The molecule has 2 aliphatic rings. The van der Waals surface area contributed by atoms with Crippen LogP contribution in [0.1, 0.15) is 6.92 Å². The summed E-state index contributed by atoms with van der Waals surface area (Å²) in [5, 5.41) is 12.5. The van der Waals surface area contributed by atoms with Crippen LogP contribution in [0.2, 0.25) is 0 Å². The molecule has 0 aromatic heterocycles. The first-order valence-corrected chi connectivity index (χ1v) is 13.7. The van der Waals surface area contributed by atoms with Crippen molar-refractivity contribution in [3.8, 4) is 23.0 Å². The van der Waals surface area contributed by atoms with Crippen LogP contribution in [0, 0.1) is 0 Å². The summed E-state index contributed by atoms with van der Waals surface area (Å²) >= 11 is 0. The van der Waals surface area contributed by atoms with Gasteiger partial charge in [-0.25, -0.2) is 26.9 Å². The number of alkyl halides is 3. The van der Waals surface area contributed by atoms with E-state index in [9.17, 15) is 27.6 Å². The predicted molar refractivity (Wildman–Crippen MR) is 137 cm³/mol. The largest absolute Gasteiger partial charge is 0.587 e. The van der Waals surface area contributed by atoms with Crippen molar-refractivity contribution in [2.75, 3.05) is 20.8 Å². The Morgan fingerprint density at radius 3 is 1.98 bits per heavy atom. The van der Waals surface area contributed by atoms with Gasteiger partial charge in [-0.1, -0.05) is 0 Å². The monoisotopic (exact) mass is 621 g/mol. The van der Waals surface area contributed by atoms with Crippen molar-refractivity contribution in [3.63, 3.8) is 0 Å². The number of methoxy groups -OCH3 is 2. The number of phosphoric acid groups is 1. The number of halogens is 4. The molecule has 0 spiro atoms. The fourth-order valence-corrected chi connectivity index (χ4v) is 5.26. The number of amides is 2. The lowest BCUT2D eigenvalue weighted by atomic mass is 9.98. The van der Waals surface area contributed by atoms with Crippen LogP contribution in [-0.4, -0.2) is 73.1 Å². The summed E-state index contributed by atoms with van der Waals surface area (Å²) in [6.07, 6.45) is -10.7. The van der Waals surface area contributed by atoms with Crippen LogP contribution in [0.4, 0.5) is 22.4 Å². The van der Waals surface area contributed by atoms with Crippen LogP contribution in [-0.2, 0) is 13.8 Å². The van der Waals surface area contributed by atoms with E-state index in [1.165, 1.54) is 62.8 Å². The van der Waals surface area contributed by atoms with Gasteiger partial charge in [-0.3, -0.25) is 9.42 Å². The predicted octanol–water partition coefficient (Wildman–Crippen LogP) is 3.86. The molecule has 5 atom stereocenters. The highest BCUT2D eigenvalue weighted by Gasteiger charge is 2.64. The first-order valence-electron chi connectivity index (χ1n) is 12.2. The fraction of sp³-hybridized carbons (Fsp3) is 0.400. The Kier molecular flexibility index (Phi) is 8.94. The van der Waals surface area contributed by atoms with Crippen molar-refractivity contribution in [2.24, 2.45) is 5.73 Å². The molecular weight excluding hydrogens is 593 g/mol. The summed E-state index contributed by atoms with van der Waals surface area (Å²) in [7, 11) is -2.09. The van der Waals surface area contributed by atoms with Crippen LogP contribution in [0.25, 0.3) is 0 Å². The summed E-state index contributed by atoms with van der Waals surface area (Å²) < 4.78 is 104. The second-order valence-corrected chi connectivity index (χ2v) is 10.9. The molecule has 2 aromatic carbocycles. The molecule has 2 heterocycles. The molecule has 1 fully saturated rings. The normalized spacial score (nSPS) is 27.9. The smallest absolute Gasteiger partial charge is 0.497 e. The van der Waals surface area contributed by atoms with Crippen LogP contribution >= 0.6 is 7.82 Å². The number of ether oxygens (including phenoxy) is 3. The Morgan fingerprint density at radius 1 is 1.05 bits per heavy atom. The highest BCUT2D eigenvalue weighted by Crippen LogP contribution is 2.52. The number of urea groups is 1. The first-order chi connectivity index (χ1) is 19.7. The summed E-state index contributed by atoms with van der Waals surface area (Å²) in [6.45, 7) is -0.391. The molecule has 0 aliphatic carbocycles. The zero-order valence-corrected chi connectivity index (χ0v) is 23.3. The highest BCUT2D eigenvalue weighted by molar-refractivity contribution is 7.49. The van der Waals surface area contributed by atoms with Gasteiger partial charge in [0.15, 0.2) is 23.8 Å². The third kappa shape index (κ3) is 6.27. The van der Waals surface area contributed by atoms with Crippen molar-refractivity contribution in [3.05, 3.63) is 60.6 Å². The van der Waals surface area contributed by atoms with Gasteiger partial charge < -0.3 is 39.4 Å². The second kappa shape index (κ2) is 12.0. The van der Waals surface area contributed by atoms with Crippen LogP contribution in [0.15, 0.2) is 60.6 Å². The Labute approximate surface area is 237 Å². The summed E-state index contributed by atoms with van der Waals surface area (Å²) in [5.74, 6) is -0.517. The maximum atomic E-state index is 15.4. The summed E-state index contributed by atoms with van der Waals surface area (Å²) in [5.41, 5.74) is 0.348. The summed E-state index contributed by atoms with van der Waals surface area (Å²) in [4.78, 5) is 12.8. The molecule has 4 rings (SSSR count). The lowest BCUT2D eigenvalue weighted by molar-refractivity contribution is -0.185. The number of phosphoric ester groups is 1. The van der Waals surface area contributed by atoms with Gasteiger partial charge in [0.05, 0.1) is 20.8 Å². The number of rotatable bonds is 11. The molecule has 42 heavy (non-hydrogen) atoms. The number of nitrogens with two attached hydrogens (primary N) is 1. The van der Waals surface area contributed by atoms with E-state index >= 15 is 4.39 Å². The topological polar surface area (TPSA) is 151 Å². The summed E-state index contributed by atoms with van der Waals surface area (Å²) in [6, 6.07) is 9.87. The number of aliphatic hydroxyl groups is 1. The molecule has 2 aliphatic heterocycles. The fourth-order valence-electron chi connectivity index (χ4n) is 4.00. The van der Waals surface area contributed by atoms with E-state index in [0.717, 1.165) is 6.92 Å². The van der Waals surface area contributed by atoms with E-state index in [-0.39, 0.29) is 11.5 Å². The minimum absolute atomic E-state index is 0.101. The van der Waals surface area contributed by atoms with E-state index in [0.29, 0.717) is 22.6 Å². The van der Waals surface area contributed by atoms with E-state index in [2.05, 4.69) is 0 Å². The molecular formula is C25H28F4N3O9P. The number of carbonyl (C=O) groups is 1. The number of nitrogens with one attached hydrogen (secondary N) is 1. The van der Waals surface area contributed by atoms with Gasteiger partial charge in [0, 0.05) is 6.20 Å². The van der Waals surface area contributed by atoms with Gasteiger partial charge in [0.25, 0.3) is 6.43 Å². The number of benzene rings is 2. The molecule has 1 saturated heterocycles. The standard InChI is InChI=1S/C25H28F4N3O9P/c1-24(30)18(26)12-32(23(34)31-24)21-19(33)20(27)25(39-21,22(28)29)13-38-42(35,40-16-8-4-14(36-2)5-9-16)41-17-10-6-15(37-3)7-11-17/h4-12,19-22,33H,13,30H2,1-3H3,(H,31,34)/t19-,20-,21-,24?,25-/m1/s1. The highest BCUT2D eigenvalue weighted by atomic mass is 31.2. The quantitative estimate of drug-likeness (QED) is 0.249. The van der Waals surface area contributed by atoms with E-state index in [1.807, 2.05) is 5.32 Å². The first kappa shape index (κ1) is 31.4. The maximum absolute atomic E-state index is 15.4. The van der Waals surface area contributed by atoms with Crippen molar-refractivity contribution < 1.29 is 59.8 Å². The zero-order chi connectivity index (χ0) is 30.9. The molecule has 0 saturated carbocycles. The SMILES string of the molecule is COc1ccc(OP(=O)(OC[C@@]2(C(F)F)O[C@@H](N3C=C(F)C(C)(N)NC3=O)[C@H](O)[C@H]2F)Oc2ccc(OC)cc2)cc1. The van der Waals surface area contributed by atoms with Gasteiger partial charge in [-0.2, -0.15) is 0 Å². The third-order valence-corrected chi connectivity index (χ3v) is 7.71. The van der Waals surface area contributed by atoms with Gasteiger partial charge in [-0.15, -0.1) is 0 Å². The van der Waals surface area contributed by atoms with Crippen LogP contribution in [0.5, 0.6) is 23.0 Å². The molecule has 17 heteroatoms. The maximum Gasteiger partial charge on any atom is 0.587 e. The lowest BCUT2D eigenvalue weighted by Gasteiger charge is -2.37. The molecule has 12 nitrogen and oxygen atoms in total. The zero-order valence-electron chi connectivity index (χ0n) is 22.4. The van der Waals surface area contributed by atoms with Crippen LogP contribution in [0.3, 0.4) is 0 Å².